The molecule has 1 aromatic rings. The van der Waals surface area contributed by atoms with Gasteiger partial charge in [-0.3, -0.25) is 9.59 Å². The van der Waals surface area contributed by atoms with E-state index in [1.165, 1.54) is 0 Å². The van der Waals surface area contributed by atoms with E-state index in [2.05, 4.69) is 16.0 Å². The van der Waals surface area contributed by atoms with Crippen LogP contribution in [0.4, 0.5) is 11.4 Å². The number of fused-ring (bicyclic) bond motifs is 1. The van der Waals surface area contributed by atoms with E-state index < -0.39 is 6.10 Å². The van der Waals surface area contributed by atoms with Crippen LogP contribution in [0.5, 0.6) is 5.75 Å². The number of hydrogen-bond donors (Lipinski definition) is 3. The summed E-state index contributed by atoms with van der Waals surface area (Å²) in [4.78, 5) is 23.7. The van der Waals surface area contributed by atoms with E-state index in [9.17, 15) is 9.59 Å². The van der Waals surface area contributed by atoms with Gasteiger partial charge in [0.15, 0.2) is 6.10 Å². The average Bonchev–Trinajstić information content (AvgIpc) is 2.48. The lowest BCUT2D eigenvalue weighted by molar-refractivity contribution is -0.123. The minimum Gasteiger partial charge on any atom is -0.479 e. The van der Waals surface area contributed by atoms with Crippen molar-refractivity contribution >= 4 is 23.2 Å². The molecule has 3 N–H and O–H groups in total. The average molecular weight is 305 g/mol. The van der Waals surface area contributed by atoms with Crippen LogP contribution in [0.25, 0.3) is 0 Å². The van der Waals surface area contributed by atoms with Crippen LogP contribution in [0.15, 0.2) is 18.2 Å². The zero-order chi connectivity index (χ0) is 16.3. The molecule has 1 aliphatic heterocycles. The highest BCUT2D eigenvalue weighted by Crippen LogP contribution is 2.32. The van der Waals surface area contributed by atoms with Crippen LogP contribution in [0.3, 0.4) is 0 Å². The molecule has 1 aromatic carbocycles. The Morgan fingerprint density at radius 2 is 2.14 bits per heavy atom. The van der Waals surface area contributed by atoms with Gasteiger partial charge in [0.1, 0.15) is 11.8 Å². The van der Waals surface area contributed by atoms with Crippen LogP contribution in [0.2, 0.25) is 0 Å². The number of hydrogen-bond acceptors (Lipinski definition) is 4. The van der Waals surface area contributed by atoms with Gasteiger partial charge in [0.25, 0.3) is 5.91 Å². The van der Waals surface area contributed by atoms with Crippen molar-refractivity contribution in [3.8, 4) is 5.75 Å². The molecule has 1 heterocycles. The second-order valence-electron chi connectivity index (χ2n) is 5.64. The lowest BCUT2D eigenvalue weighted by atomic mass is 10.2. The van der Waals surface area contributed by atoms with Gasteiger partial charge in [0, 0.05) is 11.7 Å². The van der Waals surface area contributed by atoms with E-state index >= 15 is 0 Å². The van der Waals surface area contributed by atoms with Gasteiger partial charge in [-0.15, -0.1) is 0 Å². The van der Waals surface area contributed by atoms with Gasteiger partial charge >= 0.3 is 0 Å². The van der Waals surface area contributed by atoms with Crippen molar-refractivity contribution in [2.75, 3.05) is 10.6 Å². The van der Waals surface area contributed by atoms with E-state index in [-0.39, 0.29) is 23.9 Å². The molecule has 120 valence electrons. The standard InChI is InChI=1S/C16H23N3O3/c1-5-9(2)17-15(20)10(3)18-12-6-7-14-13(8-12)19-16(21)11(4)22-14/h6-11,18H,5H2,1-4H3,(H,17,20)(H,19,21). The Morgan fingerprint density at radius 1 is 1.41 bits per heavy atom. The molecule has 6 nitrogen and oxygen atoms in total. The molecular formula is C16H23N3O3. The van der Waals surface area contributed by atoms with Gasteiger partial charge in [0.05, 0.1) is 5.69 Å². The molecule has 3 unspecified atom stereocenters. The summed E-state index contributed by atoms with van der Waals surface area (Å²) in [5, 5.41) is 8.85. The lowest BCUT2D eigenvalue weighted by Gasteiger charge is -2.24. The van der Waals surface area contributed by atoms with E-state index in [4.69, 9.17) is 4.74 Å². The van der Waals surface area contributed by atoms with Crippen molar-refractivity contribution in [1.82, 2.24) is 5.32 Å². The predicted octanol–water partition coefficient (Wildman–Crippen LogP) is 2.12. The van der Waals surface area contributed by atoms with Gasteiger partial charge in [-0.1, -0.05) is 6.92 Å². The van der Waals surface area contributed by atoms with Crippen molar-refractivity contribution in [3.05, 3.63) is 18.2 Å². The Morgan fingerprint density at radius 3 is 2.82 bits per heavy atom. The van der Waals surface area contributed by atoms with Crippen LogP contribution in [-0.2, 0) is 9.59 Å². The van der Waals surface area contributed by atoms with Crippen LogP contribution < -0.4 is 20.7 Å². The van der Waals surface area contributed by atoms with E-state index in [1.807, 2.05) is 19.9 Å². The normalized spacial score (nSPS) is 19.3. The second kappa shape index (κ2) is 6.68. The molecule has 6 heteroatoms. The van der Waals surface area contributed by atoms with Crippen LogP contribution >= 0.6 is 0 Å². The van der Waals surface area contributed by atoms with E-state index in [1.54, 1.807) is 26.0 Å². The number of amides is 2. The SMILES string of the molecule is CCC(C)NC(=O)C(C)Nc1ccc2c(c1)NC(=O)C(C)O2. The Labute approximate surface area is 130 Å². The topological polar surface area (TPSA) is 79.5 Å². The molecule has 0 bridgehead atoms. The maximum absolute atomic E-state index is 12.0. The molecule has 0 radical (unpaired) electrons. The summed E-state index contributed by atoms with van der Waals surface area (Å²) in [5.74, 6) is 0.405. The number of ether oxygens (including phenoxy) is 1. The number of carbonyl (C=O) groups excluding carboxylic acids is 2. The molecule has 0 aliphatic carbocycles. The van der Waals surface area contributed by atoms with Crippen molar-refractivity contribution in [1.29, 1.82) is 0 Å². The number of anilines is 2. The summed E-state index contributed by atoms with van der Waals surface area (Å²) in [7, 11) is 0. The van der Waals surface area contributed by atoms with Gasteiger partial charge in [0.2, 0.25) is 5.91 Å². The van der Waals surface area contributed by atoms with Crippen molar-refractivity contribution < 1.29 is 14.3 Å². The van der Waals surface area contributed by atoms with Gasteiger partial charge in [-0.25, -0.2) is 0 Å². The summed E-state index contributed by atoms with van der Waals surface area (Å²) in [6.45, 7) is 7.49. The Balaban J connectivity index is 2.03. The first-order chi connectivity index (χ1) is 10.4. The third kappa shape index (κ3) is 3.69. The molecule has 0 fully saturated rings. The van der Waals surface area contributed by atoms with Crippen molar-refractivity contribution in [3.63, 3.8) is 0 Å². The Kier molecular flexibility index (Phi) is 4.90. The summed E-state index contributed by atoms with van der Waals surface area (Å²) in [6.07, 6.45) is 0.394. The van der Waals surface area contributed by atoms with E-state index in [0.29, 0.717) is 11.4 Å². The zero-order valence-electron chi connectivity index (χ0n) is 13.4. The van der Waals surface area contributed by atoms with Gasteiger partial charge in [-0.05, 0) is 45.4 Å². The smallest absolute Gasteiger partial charge is 0.265 e. The quantitative estimate of drug-likeness (QED) is 0.778. The molecule has 0 spiro atoms. The summed E-state index contributed by atoms with van der Waals surface area (Å²) in [6, 6.07) is 5.16. The van der Waals surface area contributed by atoms with Gasteiger partial charge in [-0.2, -0.15) is 0 Å². The number of benzene rings is 1. The third-order valence-electron chi connectivity index (χ3n) is 3.69. The Bertz CT molecular complexity index is 574. The zero-order valence-corrected chi connectivity index (χ0v) is 13.4. The molecule has 0 aromatic heterocycles. The fourth-order valence-electron chi connectivity index (χ4n) is 2.08. The van der Waals surface area contributed by atoms with Crippen molar-refractivity contribution in [2.45, 2.75) is 52.3 Å². The fourth-order valence-corrected chi connectivity index (χ4v) is 2.08. The summed E-state index contributed by atoms with van der Waals surface area (Å²) >= 11 is 0. The molecule has 3 atom stereocenters. The maximum Gasteiger partial charge on any atom is 0.265 e. The predicted molar refractivity (Wildman–Crippen MR) is 86.1 cm³/mol. The first-order valence-electron chi connectivity index (χ1n) is 7.59. The molecule has 1 aliphatic rings. The molecule has 0 saturated heterocycles. The van der Waals surface area contributed by atoms with Crippen molar-refractivity contribution in [2.24, 2.45) is 0 Å². The maximum atomic E-state index is 12.0. The monoisotopic (exact) mass is 305 g/mol. The molecular weight excluding hydrogens is 282 g/mol. The molecule has 22 heavy (non-hydrogen) atoms. The molecule has 2 amide bonds. The third-order valence-corrected chi connectivity index (χ3v) is 3.69. The highest BCUT2D eigenvalue weighted by molar-refractivity contribution is 5.98. The minimum atomic E-state index is -0.494. The summed E-state index contributed by atoms with van der Waals surface area (Å²) < 4.78 is 5.50. The highest BCUT2D eigenvalue weighted by atomic mass is 16.5. The van der Waals surface area contributed by atoms with E-state index in [0.717, 1.165) is 12.1 Å². The van der Waals surface area contributed by atoms with Crippen LogP contribution in [0, 0.1) is 0 Å². The molecule has 2 rings (SSSR count). The summed E-state index contributed by atoms with van der Waals surface area (Å²) in [5.41, 5.74) is 1.37. The number of nitrogens with one attached hydrogen (secondary N) is 3. The van der Waals surface area contributed by atoms with Gasteiger partial charge < -0.3 is 20.7 Å². The minimum absolute atomic E-state index is 0.0546. The first-order valence-corrected chi connectivity index (χ1v) is 7.59. The lowest BCUT2D eigenvalue weighted by Crippen LogP contribution is -2.41. The number of rotatable bonds is 5. The van der Waals surface area contributed by atoms with Crippen LogP contribution in [0.1, 0.15) is 34.1 Å². The fraction of sp³-hybridized carbons (Fsp3) is 0.500. The number of carbonyl (C=O) groups is 2. The second-order valence-corrected chi connectivity index (χ2v) is 5.64. The molecule has 0 saturated carbocycles. The first kappa shape index (κ1) is 16.1. The van der Waals surface area contributed by atoms with Crippen LogP contribution in [-0.4, -0.2) is 30.0 Å². The highest BCUT2D eigenvalue weighted by Gasteiger charge is 2.24. The Hall–Kier alpha value is -2.24. The largest absolute Gasteiger partial charge is 0.479 e.